The lowest BCUT2D eigenvalue weighted by molar-refractivity contribution is 0.284. The van der Waals surface area contributed by atoms with E-state index in [4.69, 9.17) is 5.26 Å². The fourth-order valence-electron chi connectivity index (χ4n) is 1.39. The number of hydrogen-bond acceptors (Lipinski definition) is 3. The van der Waals surface area contributed by atoms with Crippen LogP contribution in [0.4, 0.5) is 10.1 Å². The summed E-state index contributed by atoms with van der Waals surface area (Å²) in [6, 6.07) is 6.70. The molecule has 0 unspecified atom stereocenters. The first-order valence-corrected chi connectivity index (χ1v) is 5.67. The van der Waals surface area contributed by atoms with Crippen LogP contribution in [0.3, 0.4) is 0 Å². The molecule has 0 amide bonds. The molecule has 0 aromatic heterocycles. The number of benzene rings is 1. The third-order valence-electron chi connectivity index (χ3n) is 2.70. The van der Waals surface area contributed by atoms with Crippen molar-refractivity contribution in [3.05, 3.63) is 29.6 Å². The summed E-state index contributed by atoms with van der Waals surface area (Å²) in [4.78, 5) is 2.19. The lowest BCUT2D eigenvalue weighted by Gasteiger charge is -2.21. The Kier molecular flexibility index (Phi) is 4.92. The molecule has 0 fully saturated rings. The van der Waals surface area contributed by atoms with E-state index in [9.17, 15) is 4.39 Å². The number of likely N-dealkylation sites (N-methyl/N-ethyl adjacent to an activating group) is 1. The van der Waals surface area contributed by atoms with Crippen LogP contribution in [0.2, 0.25) is 0 Å². The molecule has 0 radical (unpaired) electrons. The van der Waals surface area contributed by atoms with Crippen LogP contribution in [-0.4, -0.2) is 31.1 Å². The van der Waals surface area contributed by atoms with E-state index in [1.54, 1.807) is 6.07 Å². The molecule has 0 heterocycles. The number of anilines is 1. The predicted octanol–water partition coefficient (Wildman–Crippen LogP) is 2.45. The van der Waals surface area contributed by atoms with Gasteiger partial charge in [0.15, 0.2) is 0 Å². The van der Waals surface area contributed by atoms with Crippen LogP contribution in [0.15, 0.2) is 18.2 Å². The highest BCUT2D eigenvalue weighted by molar-refractivity contribution is 5.49. The molecule has 3 nitrogen and oxygen atoms in total. The highest BCUT2D eigenvalue weighted by atomic mass is 19.1. The van der Waals surface area contributed by atoms with Gasteiger partial charge in [0.1, 0.15) is 5.82 Å². The van der Waals surface area contributed by atoms with Gasteiger partial charge in [-0.2, -0.15) is 5.26 Å². The normalized spacial score (nSPS) is 10.6. The molecule has 1 aromatic carbocycles. The molecule has 0 saturated heterocycles. The van der Waals surface area contributed by atoms with Crippen LogP contribution in [0.25, 0.3) is 0 Å². The monoisotopic (exact) mass is 235 g/mol. The van der Waals surface area contributed by atoms with E-state index in [1.165, 1.54) is 12.1 Å². The van der Waals surface area contributed by atoms with Crippen LogP contribution in [0.1, 0.15) is 19.4 Å². The third kappa shape index (κ3) is 4.41. The Hall–Kier alpha value is -1.60. The molecule has 0 aliphatic carbocycles. The summed E-state index contributed by atoms with van der Waals surface area (Å²) in [7, 11) is 2.04. The van der Waals surface area contributed by atoms with E-state index >= 15 is 0 Å². The van der Waals surface area contributed by atoms with Gasteiger partial charge in [0.2, 0.25) is 0 Å². The molecule has 0 aliphatic heterocycles. The van der Waals surface area contributed by atoms with E-state index in [1.807, 2.05) is 13.1 Å². The van der Waals surface area contributed by atoms with Gasteiger partial charge in [-0.25, -0.2) is 4.39 Å². The Balaban J connectivity index is 2.52. The van der Waals surface area contributed by atoms with Gasteiger partial charge < -0.3 is 10.2 Å². The Labute approximate surface area is 102 Å². The lowest BCUT2D eigenvalue weighted by Crippen LogP contribution is -2.31. The summed E-state index contributed by atoms with van der Waals surface area (Å²) < 4.78 is 13.1. The van der Waals surface area contributed by atoms with Crippen molar-refractivity contribution in [2.75, 3.05) is 25.5 Å². The molecule has 0 atom stereocenters. The van der Waals surface area contributed by atoms with Gasteiger partial charge in [0, 0.05) is 24.8 Å². The van der Waals surface area contributed by atoms with Crippen LogP contribution in [0, 0.1) is 17.1 Å². The summed E-state index contributed by atoms with van der Waals surface area (Å²) in [5.41, 5.74) is 0.989. The molecule has 17 heavy (non-hydrogen) atoms. The van der Waals surface area contributed by atoms with Crippen molar-refractivity contribution in [1.29, 1.82) is 5.26 Å². The average molecular weight is 235 g/mol. The van der Waals surface area contributed by atoms with Gasteiger partial charge in [-0.1, -0.05) is 0 Å². The van der Waals surface area contributed by atoms with Crippen molar-refractivity contribution in [2.45, 2.75) is 19.9 Å². The molecule has 1 N–H and O–H groups in total. The molecular formula is C13H18FN3. The zero-order valence-corrected chi connectivity index (χ0v) is 10.5. The van der Waals surface area contributed by atoms with Crippen LogP contribution < -0.4 is 5.32 Å². The second kappa shape index (κ2) is 6.21. The SMILES string of the molecule is CC(C)N(C)CCNc1cc(F)cc(C#N)c1. The predicted molar refractivity (Wildman–Crippen MR) is 67.4 cm³/mol. The second-order valence-corrected chi connectivity index (χ2v) is 4.34. The minimum atomic E-state index is -0.385. The summed E-state index contributed by atoms with van der Waals surface area (Å²) in [5, 5.41) is 11.8. The summed E-state index contributed by atoms with van der Waals surface area (Å²) in [5.74, 6) is -0.385. The van der Waals surface area contributed by atoms with Crippen molar-refractivity contribution in [2.24, 2.45) is 0 Å². The molecule has 1 rings (SSSR count). The standard InChI is InChI=1S/C13H18FN3/c1-10(2)17(3)5-4-16-13-7-11(9-15)6-12(14)8-13/h6-8,10,16H,4-5H2,1-3H3. The maximum atomic E-state index is 13.1. The summed E-state index contributed by atoms with van der Waals surface area (Å²) in [6.45, 7) is 5.84. The highest BCUT2D eigenvalue weighted by Crippen LogP contribution is 2.13. The van der Waals surface area contributed by atoms with Gasteiger partial charge in [0.25, 0.3) is 0 Å². The fraction of sp³-hybridized carbons (Fsp3) is 0.462. The molecule has 0 aliphatic rings. The Bertz CT molecular complexity index is 410. The van der Waals surface area contributed by atoms with E-state index in [-0.39, 0.29) is 5.82 Å². The Morgan fingerprint density at radius 1 is 1.41 bits per heavy atom. The Morgan fingerprint density at radius 2 is 2.12 bits per heavy atom. The van der Waals surface area contributed by atoms with Gasteiger partial charge in [0.05, 0.1) is 11.6 Å². The quantitative estimate of drug-likeness (QED) is 0.852. The largest absolute Gasteiger partial charge is 0.384 e. The number of nitriles is 1. The number of halogens is 1. The highest BCUT2D eigenvalue weighted by Gasteiger charge is 2.03. The van der Waals surface area contributed by atoms with E-state index < -0.39 is 0 Å². The zero-order chi connectivity index (χ0) is 12.8. The first-order valence-electron chi connectivity index (χ1n) is 5.67. The van der Waals surface area contributed by atoms with Gasteiger partial charge >= 0.3 is 0 Å². The summed E-state index contributed by atoms with van der Waals surface area (Å²) in [6.07, 6.45) is 0. The zero-order valence-electron chi connectivity index (χ0n) is 10.5. The molecule has 4 heteroatoms. The smallest absolute Gasteiger partial charge is 0.126 e. The van der Waals surface area contributed by atoms with Gasteiger partial charge in [-0.15, -0.1) is 0 Å². The minimum Gasteiger partial charge on any atom is -0.384 e. The fourth-order valence-corrected chi connectivity index (χ4v) is 1.39. The minimum absolute atomic E-state index is 0.338. The molecule has 0 bridgehead atoms. The first-order chi connectivity index (χ1) is 8.02. The third-order valence-corrected chi connectivity index (χ3v) is 2.70. The number of hydrogen-bond donors (Lipinski definition) is 1. The Morgan fingerprint density at radius 3 is 2.71 bits per heavy atom. The van der Waals surface area contributed by atoms with Crippen LogP contribution in [0.5, 0.6) is 0 Å². The number of rotatable bonds is 5. The second-order valence-electron chi connectivity index (χ2n) is 4.34. The van der Waals surface area contributed by atoms with Crippen LogP contribution >= 0.6 is 0 Å². The maximum absolute atomic E-state index is 13.1. The van der Waals surface area contributed by atoms with Crippen molar-refractivity contribution in [3.63, 3.8) is 0 Å². The van der Waals surface area contributed by atoms with Crippen molar-refractivity contribution in [1.82, 2.24) is 4.90 Å². The van der Waals surface area contributed by atoms with E-state index in [0.717, 1.165) is 13.1 Å². The van der Waals surface area contributed by atoms with Crippen LogP contribution in [-0.2, 0) is 0 Å². The van der Waals surface area contributed by atoms with Crippen molar-refractivity contribution in [3.8, 4) is 6.07 Å². The topological polar surface area (TPSA) is 39.1 Å². The average Bonchev–Trinajstić information content (AvgIpc) is 2.27. The lowest BCUT2D eigenvalue weighted by atomic mass is 10.2. The molecule has 92 valence electrons. The first kappa shape index (κ1) is 13.5. The molecular weight excluding hydrogens is 217 g/mol. The van der Waals surface area contributed by atoms with E-state index in [2.05, 4.69) is 24.1 Å². The van der Waals surface area contributed by atoms with Crippen molar-refractivity contribution >= 4 is 5.69 Å². The van der Waals surface area contributed by atoms with Gasteiger partial charge in [-0.3, -0.25) is 0 Å². The van der Waals surface area contributed by atoms with Crippen molar-refractivity contribution < 1.29 is 4.39 Å². The van der Waals surface area contributed by atoms with Gasteiger partial charge in [-0.05, 0) is 39.1 Å². The number of nitrogens with one attached hydrogen (secondary N) is 1. The molecule has 1 aromatic rings. The molecule has 0 spiro atoms. The maximum Gasteiger partial charge on any atom is 0.126 e. The number of nitrogens with zero attached hydrogens (tertiary/aromatic N) is 2. The summed E-state index contributed by atoms with van der Waals surface area (Å²) >= 11 is 0. The molecule has 0 saturated carbocycles. The van der Waals surface area contributed by atoms with E-state index in [0.29, 0.717) is 17.3 Å².